The second-order valence-corrected chi connectivity index (χ2v) is 4.05. The van der Waals surface area contributed by atoms with Crippen molar-refractivity contribution in [3.8, 4) is 0 Å². The van der Waals surface area contributed by atoms with Gasteiger partial charge in [0.1, 0.15) is 23.3 Å². The fourth-order valence-corrected chi connectivity index (χ4v) is 1.94. The van der Waals surface area contributed by atoms with Gasteiger partial charge in [-0.2, -0.15) is 0 Å². The molecule has 1 aliphatic rings. The van der Waals surface area contributed by atoms with Crippen LogP contribution in [0, 0.1) is 0 Å². The lowest BCUT2D eigenvalue weighted by atomic mass is 10.1. The van der Waals surface area contributed by atoms with Crippen LogP contribution in [0.15, 0.2) is 12.4 Å². The molecule has 2 rings (SSSR count). The van der Waals surface area contributed by atoms with E-state index in [9.17, 15) is 9.59 Å². The standard InChI is InChI=1S/C10H11ClN4O2/c1-2-6-10(17)14-9(16)4-15(6)8-3-7(11)12-5-13-8/h3,5-6H,2,4H2,1H3,(H,14,16,17). The van der Waals surface area contributed by atoms with Gasteiger partial charge in [-0.25, -0.2) is 9.97 Å². The van der Waals surface area contributed by atoms with Crippen molar-refractivity contribution in [1.29, 1.82) is 0 Å². The summed E-state index contributed by atoms with van der Waals surface area (Å²) in [5.41, 5.74) is 0. The number of imide groups is 1. The number of amides is 2. The van der Waals surface area contributed by atoms with Gasteiger partial charge in [-0.3, -0.25) is 14.9 Å². The van der Waals surface area contributed by atoms with Gasteiger partial charge in [0, 0.05) is 6.07 Å². The van der Waals surface area contributed by atoms with Crippen molar-refractivity contribution in [2.75, 3.05) is 11.4 Å². The van der Waals surface area contributed by atoms with Crippen LogP contribution in [0.5, 0.6) is 0 Å². The molecule has 2 amide bonds. The zero-order valence-electron chi connectivity index (χ0n) is 9.18. The third-order valence-electron chi connectivity index (χ3n) is 2.56. The van der Waals surface area contributed by atoms with Gasteiger partial charge in [-0.15, -0.1) is 0 Å². The smallest absolute Gasteiger partial charge is 0.249 e. The van der Waals surface area contributed by atoms with E-state index >= 15 is 0 Å². The molecule has 90 valence electrons. The van der Waals surface area contributed by atoms with Crippen LogP contribution in [0.1, 0.15) is 13.3 Å². The van der Waals surface area contributed by atoms with Crippen LogP contribution in [0.2, 0.25) is 5.15 Å². The summed E-state index contributed by atoms with van der Waals surface area (Å²) in [5.74, 6) is -0.159. The lowest BCUT2D eigenvalue weighted by Gasteiger charge is -2.34. The van der Waals surface area contributed by atoms with Gasteiger partial charge in [0.2, 0.25) is 11.8 Å². The fourth-order valence-electron chi connectivity index (χ4n) is 1.79. The summed E-state index contributed by atoms with van der Waals surface area (Å²) in [5, 5.41) is 2.58. The maximum absolute atomic E-state index is 11.7. The largest absolute Gasteiger partial charge is 0.335 e. The number of hydrogen-bond donors (Lipinski definition) is 1. The van der Waals surface area contributed by atoms with Crippen molar-refractivity contribution in [3.63, 3.8) is 0 Å². The topological polar surface area (TPSA) is 75.2 Å². The number of anilines is 1. The van der Waals surface area contributed by atoms with Crippen molar-refractivity contribution in [3.05, 3.63) is 17.5 Å². The highest BCUT2D eigenvalue weighted by Gasteiger charge is 2.33. The van der Waals surface area contributed by atoms with E-state index in [1.807, 2.05) is 6.92 Å². The van der Waals surface area contributed by atoms with Crippen LogP contribution in [-0.2, 0) is 9.59 Å². The second-order valence-electron chi connectivity index (χ2n) is 3.66. The van der Waals surface area contributed by atoms with Crippen LogP contribution < -0.4 is 10.2 Å². The molecule has 17 heavy (non-hydrogen) atoms. The quantitative estimate of drug-likeness (QED) is 0.610. The molecule has 1 N–H and O–H groups in total. The molecule has 0 bridgehead atoms. The summed E-state index contributed by atoms with van der Waals surface area (Å²) in [6.07, 6.45) is 1.89. The average molecular weight is 255 g/mol. The summed E-state index contributed by atoms with van der Waals surface area (Å²) in [4.78, 5) is 32.4. The van der Waals surface area contributed by atoms with Crippen LogP contribution in [-0.4, -0.2) is 34.4 Å². The van der Waals surface area contributed by atoms with Crippen molar-refractivity contribution >= 4 is 29.2 Å². The lowest BCUT2D eigenvalue weighted by Crippen LogP contribution is -2.58. The summed E-state index contributed by atoms with van der Waals surface area (Å²) < 4.78 is 0. The molecule has 1 aliphatic heterocycles. The zero-order chi connectivity index (χ0) is 12.4. The van der Waals surface area contributed by atoms with Crippen LogP contribution in [0.4, 0.5) is 5.82 Å². The first-order chi connectivity index (χ1) is 8.11. The number of halogens is 1. The summed E-state index contributed by atoms with van der Waals surface area (Å²) in [6.45, 7) is 1.97. The minimum absolute atomic E-state index is 0.0948. The molecular weight excluding hydrogens is 244 g/mol. The normalized spacial score (nSPS) is 20.4. The van der Waals surface area contributed by atoms with E-state index in [2.05, 4.69) is 15.3 Å². The first kappa shape index (κ1) is 11.8. The van der Waals surface area contributed by atoms with E-state index in [0.717, 1.165) is 0 Å². The number of nitrogens with one attached hydrogen (secondary N) is 1. The fraction of sp³-hybridized carbons (Fsp3) is 0.400. The first-order valence-corrected chi connectivity index (χ1v) is 5.57. The van der Waals surface area contributed by atoms with E-state index in [0.29, 0.717) is 12.2 Å². The Bertz CT molecular complexity index is 465. The summed E-state index contributed by atoms with van der Waals surface area (Å²) in [6, 6.07) is 1.13. The Hall–Kier alpha value is -1.69. The first-order valence-electron chi connectivity index (χ1n) is 5.19. The number of rotatable bonds is 2. The Morgan fingerprint density at radius 1 is 1.53 bits per heavy atom. The second kappa shape index (κ2) is 4.67. The molecular formula is C10H11ClN4O2. The van der Waals surface area contributed by atoms with E-state index in [1.165, 1.54) is 12.4 Å². The number of carbonyl (C=O) groups is 2. The highest BCUT2D eigenvalue weighted by atomic mass is 35.5. The van der Waals surface area contributed by atoms with E-state index in [4.69, 9.17) is 11.6 Å². The number of piperazine rings is 1. The van der Waals surface area contributed by atoms with Gasteiger partial charge in [0.05, 0.1) is 6.54 Å². The molecule has 0 aromatic carbocycles. The molecule has 1 fully saturated rings. The van der Waals surface area contributed by atoms with Gasteiger partial charge in [0.25, 0.3) is 0 Å². The average Bonchev–Trinajstić information content (AvgIpc) is 2.28. The number of carbonyl (C=O) groups excluding carboxylic acids is 2. The summed E-state index contributed by atoms with van der Waals surface area (Å²) >= 11 is 5.76. The molecule has 6 nitrogen and oxygen atoms in total. The van der Waals surface area contributed by atoms with Crippen molar-refractivity contribution in [2.24, 2.45) is 0 Å². The molecule has 1 aromatic rings. The molecule has 2 heterocycles. The molecule has 1 aromatic heterocycles. The van der Waals surface area contributed by atoms with Crippen LogP contribution >= 0.6 is 11.6 Å². The highest BCUT2D eigenvalue weighted by molar-refractivity contribution is 6.29. The Balaban J connectivity index is 2.34. The Morgan fingerprint density at radius 2 is 2.29 bits per heavy atom. The third-order valence-corrected chi connectivity index (χ3v) is 2.76. The maximum Gasteiger partial charge on any atom is 0.249 e. The summed E-state index contributed by atoms with van der Waals surface area (Å²) in [7, 11) is 0. The molecule has 1 atom stereocenters. The van der Waals surface area contributed by atoms with Crippen LogP contribution in [0.25, 0.3) is 0 Å². The Labute approximate surface area is 103 Å². The minimum atomic E-state index is -0.404. The third kappa shape index (κ3) is 2.36. The van der Waals surface area contributed by atoms with Gasteiger partial charge >= 0.3 is 0 Å². The number of aromatic nitrogens is 2. The minimum Gasteiger partial charge on any atom is -0.335 e. The Kier molecular flexibility index (Phi) is 3.23. The van der Waals surface area contributed by atoms with Gasteiger partial charge < -0.3 is 4.90 Å². The monoisotopic (exact) mass is 254 g/mol. The van der Waals surface area contributed by atoms with E-state index in [1.54, 1.807) is 4.90 Å². The number of nitrogens with zero attached hydrogens (tertiary/aromatic N) is 3. The van der Waals surface area contributed by atoms with Gasteiger partial charge in [0.15, 0.2) is 0 Å². The van der Waals surface area contributed by atoms with Crippen LogP contribution in [0.3, 0.4) is 0 Å². The van der Waals surface area contributed by atoms with Gasteiger partial charge in [-0.1, -0.05) is 18.5 Å². The van der Waals surface area contributed by atoms with E-state index in [-0.39, 0.29) is 23.5 Å². The molecule has 0 saturated carbocycles. The SMILES string of the molecule is CCC1C(=O)NC(=O)CN1c1cc(Cl)ncn1. The Morgan fingerprint density at radius 3 is 2.94 bits per heavy atom. The lowest BCUT2D eigenvalue weighted by molar-refractivity contribution is -0.132. The number of hydrogen-bond acceptors (Lipinski definition) is 5. The molecule has 0 spiro atoms. The zero-order valence-corrected chi connectivity index (χ0v) is 9.94. The van der Waals surface area contributed by atoms with Crippen molar-refractivity contribution in [2.45, 2.75) is 19.4 Å². The molecule has 0 aliphatic carbocycles. The molecule has 1 saturated heterocycles. The van der Waals surface area contributed by atoms with Crippen molar-refractivity contribution < 1.29 is 9.59 Å². The molecule has 7 heteroatoms. The predicted molar refractivity (Wildman–Crippen MR) is 61.6 cm³/mol. The highest BCUT2D eigenvalue weighted by Crippen LogP contribution is 2.20. The van der Waals surface area contributed by atoms with Gasteiger partial charge in [-0.05, 0) is 6.42 Å². The predicted octanol–water partition coefficient (Wildman–Crippen LogP) is 0.371. The van der Waals surface area contributed by atoms with Crippen molar-refractivity contribution in [1.82, 2.24) is 15.3 Å². The van der Waals surface area contributed by atoms with E-state index < -0.39 is 6.04 Å². The maximum atomic E-state index is 11.7. The molecule has 1 unspecified atom stereocenters. The molecule has 0 radical (unpaired) electrons.